The van der Waals surface area contributed by atoms with Crippen LogP contribution in [0.3, 0.4) is 0 Å². The Morgan fingerprint density at radius 2 is 2.28 bits per heavy atom. The van der Waals surface area contributed by atoms with E-state index in [2.05, 4.69) is 14.5 Å². The number of rotatable bonds is 3. The van der Waals surface area contributed by atoms with E-state index in [1.807, 2.05) is 19.4 Å². The molecule has 1 aromatic rings. The summed E-state index contributed by atoms with van der Waals surface area (Å²) in [4.78, 5) is 18.8. The van der Waals surface area contributed by atoms with Crippen LogP contribution in [0.1, 0.15) is 37.9 Å². The zero-order valence-corrected chi connectivity index (χ0v) is 11.0. The van der Waals surface area contributed by atoms with Gasteiger partial charge in [-0.15, -0.1) is 0 Å². The number of aromatic nitrogens is 2. The van der Waals surface area contributed by atoms with Gasteiger partial charge < -0.3 is 4.57 Å². The fourth-order valence-corrected chi connectivity index (χ4v) is 3.48. The first-order chi connectivity index (χ1) is 8.75. The van der Waals surface area contributed by atoms with Crippen molar-refractivity contribution in [3.63, 3.8) is 0 Å². The smallest absolute Gasteiger partial charge is 0.137 e. The summed E-state index contributed by atoms with van der Waals surface area (Å²) in [7, 11) is 2.04. The van der Waals surface area contributed by atoms with Crippen molar-refractivity contribution in [1.82, 2.24) is 14.5 Å². The topological polar surface area (TPSA) is 38.1 Å². The Bertz CT molecular complexity index is 440. The van der Waals surface area contributed by atoms with Gasteiger partial charge in [0.15, 0.2) is 0 Å². The lowest BCUT2D eigenvalue weighted by Crippen LogP contribution is -2.37. The van der Waals surface area contributed by atoms with E-state index in [1.54, 1.807) is 0 Å². The fourth-order valence-electron chi connectivity index (χ4n) is 3.48. The van der Waals surface area contributed by atoms with Crippen LogP contribution in [0.2, 0.25) is 0 Å². The van der Waals surface area contributed by atoms with Crippen molar-refractivity contribution in [3.8, 4) is 0 Å². The molecule has 4 nitrogen and oxygen atoms in total. The summed E-state index contributed by atoms with van der Waals surface area (Å²) in [5, 5.41) is 0. The molecule has 0 radical (unpaired) electrons. The van der Waals surface area contributed by atoms with Gasteiger partial charge in [0, 0.05) is 37.8 Å². The van der Waals surface area contributed by atoms with Gasteiger partial charge in [-0.25, -0.2) is 4.98 Å². The molecule has 2 atom stereocenters. The second-order valence-electron chi connectivity index (χ2n) is 5.60. The highest BCUT2D eigenvalue weighted by molar-refractivity contribution is 5.83. The van der Waals surface area contributed by atoms with Crippen LogP contribution in [0.25, 0.3) is 0 Å². The number of carbonyl (C=O) groups is 1. The molecule has 0 bridgehead atoms. The summed E-state index contributed by atoms with van der Waals surface area (Å²) in [6, 6.07) is 0.469. The number of likely N-dealkylation sites (tertiary alicyclic amines) is 1. The minimum atomic E-state index is 0.299. The predicted octanol–water partition coefficient (Wildman–Crippen LogP) is 1.75. The lowest BCUT2D eigenvalue weighted by Gasteiger charge is -2.28. The van der Waals surface area contributed by atoms with Gasteiger partial charge in [0.1, 0.15) is 11.6 Å². The van der Waals surface area contributed by atoms with E-state index in [0.717, 1.165) is 38.2 Å². The highest BCUT2D eigenvalue weighted by atomic mass is 16.1. The van der Waals surface area contributed by atoms with Crippen LogP contribution in [-0.4, -0.2) is 32.8 Å². The fraction of sp³-hybridized carbons (Fsp3) is 0.714. The summed E-state index contributed by atoms with van der Waals surface area (Å²) >= 11 is 0. The predicted molar refractivity (Wildman–Crippen MR) is 69.0 cm³/mol. The molecule has 0 aromatic carbocycles. The molecule has 2 heterocycles. The van der Waals surface area contributed by atoms with Crippen LogP contribution in [-0.2, 0) is 18.4 Å². The molecule has 0 N–H and O–H groups in total. The monoisotopic (exact) mass is 247 g/mol. The van der Waals surface area contributed by atoms with E-state index >= 15 is 0 Å². The van der Waals surface area contributed by atoms with Crippen LogP contribution in [0, 0.1) is 5.92 Å². The molecule has 2 aliphatic rings. The maximum Gasteiger partial charge on any atom is 0.137 e. The molecule has 1 aliphatic heterocycles. The first kappa shape index (κ1) is 11.9. The molecule has 0 amide bonds. The minimum Gasteiger partial charge on any atom is -0.337 e. The van der Waals surface area contributed by atoms with Gasteiger partial charge in [0.25, 0.3) is 0 Å². The molecular formula is C14H21N3O. The molecule has 1 saturated carbocycles. The van der Waals surface area contributed by atoms with Gasteiger partial charge in [-0.3, -0.25) is 9.69 Å². The third-order valence-corrected chi connectivity index (χ3v) is 4.50. The Morgan fingerprint density at radius 3 is 2.94 bits per heavy atom. The van der Waals surface area contributed by atoms with Crippen molar-refractivity contribution in [2.45, 2.75) is 44.7 Å². The molecule has 1 aromatic heterocycles. The largest absolute Gasteiger partial charge is 0.337 e. The van der Waals surface area contributed by atoms with E-state index in [4.69, 9.17) is 0 Å². The average Bonchev–Trinajstić information content (AvgIpc) is 3.03. The minimum absolute atomic E-state index is 0.299. The molecule has 18 heavy (non-hydrogen) atoms. The second kappa shape index (κ2) is 4.84. The first-order valence-corrected chi connectivity index (χ1v) is 6.98. The zero-order chi connectivity index (χ0) is 12.5. The van der Waals surface area contributed by atoms with Crippen molar-refractivity contribution in [2.75, 3.05) is 6.54 Å². The maximum absolute atomic E-state index is 11.9. The number of ketones is 1. The van der Waals surface area contributed by atoms with Crippen molar-refractivity contribution >= 4 is 5.78 Å². The van der Waals surface area contributed by atoms with Crippen LogP contribution in [0.15, 0.2) is 12.4 Å². The molecule has 2 fully saturated rings. The number of Topliss-reactive ketones (excluding diaryl/α,β-unsaturated/α-hetero) is 1. The molecule has 1 aliphatic carbocycles. The number of imidazole rings is 1. The Morgan fingerprint density at radius 1 is 1.39 bits per heavy atom. The Balaban J connectivity index is 1.71. The lowest BCUT2D eigenvalue weighted by atomic mass is 9.95. The number of carbonyl (C=O) groups excluding carboxylic acids is 1. The van der Waals surface area contributed by atoms with Crippen molar-refractivity contribution in [2.24, 2.45) is 13.0 Å². The molecule has 2 unspecified atom stereocenters. The van der Waals surface area contributed by atoms with Crippen molar-refractivity contribution in [1.29, 1.82) is 0 Å². The maximum atomic E-state index is 11.9. The van der Waals surface area contributed by atoms with Crippen molar-refractivity contribution < 1.29 is 4.79 Å². The summed E-state index contributed by atoms with van der Waals surface area (Å²) in [6.07, 6.45) is 9.23. The van der Waals surface area contributed by atoms with Crippen LogP contribution in [0.4, 0.5) is 0 Å². The molecule has 1 saturated heterocycles. The number of hydrogen-bond acceptors (Lipinski definition) is 3. The van der Waals surface area contributed by atoms with E-state index < -0.39 is 0 Å². The van der Waals surface area contributed by atoms with Crippen LogP contribution >= 0.6 is 0 Å². The van der Waals surface area contributed by atoms with E-state index in [9.17, 15) is 4.79 Å². The van der Waals surface area contributed by atoms with E-state index in [-0.39, 0.29) is 0 Å². The van der Waals surface area contributed by atoms with Gasteiger partial charge in [0.2, 0.25) is 0 Å². The first-order valence-electron chi connectivity index (χ1n) is 6.98. The molecule has 0 spiro atoms. The number of nitrogens with zero attached hydrogens (tertiary/aromatic N) is 3. The Kier molecular flexibility index (Phi) is 3.20. The molecular weight excluding hydrogens is 226 g/mol. The van der Waals surface area contributed by atoms with Gasteiger partial charge in [-0.2, -0.15) is 0 Å². The average molecular weight is 247 g/mol. The number of aryl methyl sites for hydroxylation is 1. The van der Waals surface area contributed by atoms with Crippen LogP contribution in [0.5, 0.6) is 0 Å². The van der Waals surface area contributed by atoms with Gasteiger partial charge in [0.05, 0.1) is 6.54 Å². The van der Waals surface area contributed by atoms with Crippen LogP contribution < -0.4 is 0 Å². The SMILES string of the molecule is Cn1ccnc1CN1CCCC1C1CCCC1=O. The van der Waals surface area contributed by atoms with Gasteiger partial charge in [-0.05, 0) is 32.2 Å². The molecule has 98 valence electrons. The summed E-state index contributed by atoms with van der Waals surface area (Å²) in [5.41, 5.74) is 0. The third kappa shape index (κ3) is 2.09. The Hall–Kier alpha value is -1.16. The van der Waals surface area contributed by atoms with E-state index in [1.165, 1.54) is 12.8 Å². The second-order valence-corrected chi connectivity index (χ2v) is 5.60. The summed E-state index contributed by atoms with van der Waals surface area (Å²) < 4.78 is 2.08. The molecule has 3 rings (SSSR count). The quantitative estimate of drug-likeness (QED) is 0.817. The Labute approximate surface area is 108 Å². The zero-order valence-electron chi connectivity index (χ0n) is 11.0. The lowest BCUT2D eigenvalue weighted by molar-refractivity contribution is -0.122. The molecule has 4 heteroatoms. The number of hydrogen-bond donors (Lipinski definition) is 0. The standard InChI is InChI=1S/C14H21N3O/c1-16-9-7-15-14(16)10-17-8-3-5-12(17)11-4-2-6-13(11)18/h7,9,11-12H,2-6,8,10H2,1H3. The highest BCUT2D eigenvalue weighted by Gasteiger charge is 2.38. The van der Waals surface area contributed by atoms with E-state index in [0.29, 0.717) is 17.7 Å². The highest BCUT2D eigenvalue weighted by Crippen LogP contribution is 2.33. The summed E-state index contributed by atoms with van der Waals surface area (Å²) in [5.74, 6) is 1.90. The van der Waals surface area contributed by atoms with Crippen molar-refractivity contribution in [3.05, 3.63) is 18.2 Å². The summed E-state index contributed by atoms with van der Waals surface area (Å²) in [6.45, 7) is 2.00. The van der Waals surface area contributed by atoms with Gasteiger partial charge >= 0.3 is 0 Å². The third-order valence-electron chi connectivity index (χ3n) is 4.50. The normalized spacial score (nSPS) is 29.3. The van der Waals surface area contributed by atoms with Gasteiger partial charge in [-0.1, -0.05) is 0 Å².